The Hall–Kier alpha value is -1.49. The Morgan fingerprint density at radius 1 is 1.44 bits per heavy atom. The maximum atomic E-state index is 12.4. The molecule has 18 heavy (non-hydrogen) atoms. The van der Waals surface area contributed by atoms with Crippen molar-refractivity contribution in [3.05, 3.63) is 46.5 Å². The molecule has 1 heterocycles. The van der Waals surface area contributed by atoms with Gasteiger partial charge in [-0.25, -0.2) is 4.98 Å². The molecule has 1 aliphatic carbocycles. The summed E-state index contributed by atoms with van der Waals surface area (Å²) in [6, 6.07) is 5.82. The molecule has 0 N–H and O–H groups in total. The number of benzene rings is 1. The molecule has 5 heteroatoms. The largest absolute Gasteiger partial charge is 0.294 e. The third-order valence-electron chi connectivity index (χ3n) is 3.37. The van der Waals surface area contributed by atoms with Gasteiger partial charge in [0.15, 0.2) is 5.78 Å². The molecule has 0 saturated heterocycles. The lowest BCUT2D eigenvalue weighted by atomic mass is 9.83. The number of Topliss-reactive ketones (excluding diaryl/α,β-unsaturated/α-hetero) is 1. The van der Waals surface area contributed by atoms with Crippen LogP contribution in [0.15, 0.2) is 35.3 Å². The molecule has 0 bridgehead atoms. The Morgan fingerprint density at radius 3 is 3.11 bits per heavy atom. The third-order valence-corrected chi connectivity index (χ3v) is 4.11. The van der Waals surface area contributed by atoms with Gasteiger partial charge in [-0.05, 0) is 24.5 Å². The molecule has 0 radical (unpaired) electrons. The molecule has 1 unspecified atom stereocenters. The number of rotatable bonds is 2. The quantitative estimate of drug-likeness (QED) is 0.856. The van der Waals surface area contributed by atoms with E-state index in [4.69, 9.17) is 0 Å². The summed E-state index contributed by atoms with van der Waals surface area (Å²) in [5.74, 6) is 0.224. The summed E-state index contributed by atoms with van der Waals surface area (Å²) in [4.78, 5) is 16.3. The highest BCUT2D eigenvalue weighted by atomic mass is 79.9. The van der Waals surface area contributed by atoms with Gasteiger partial charge in [0.2, 0.25) is 0 Å². The van der Waals surface area contributed by atoms with E-state index in [9.17, 15) is 4.79 Å². The number of halogens is 1. The Bertz CT molecular complexity index is 580. The average molecular weight is 306 g/mol. The first-order valence-corrected chi connectivity index (χ1v) is 6.69. The molecule has 1 aliphatic rings. The molecule has 0 amide bonds. The van der Waals surface area contributed by atoms with E-state index in [-0.39, 0.29) is 11.7 Å². The van der Waals surface area contributed by atoms with E-state index in [0.717, 1.165) is 28.4 Å². The highest BCUT2D eigenvalue weighted by Crippen LogP contribution is 2.31. The van der Waals surface area contributed by atoms with E-state index < -0.39 is 0 Å². The van der Waals surface area contributed by atoms with E-state index >= 15 is 0 Å². The normalized spacial score (nSPS) is 18.7. The zero-order valence-electron chi connectivity index (χ0n) is 9.71. The van der Waals surface area contributed by atoms with Crippen molar-refractivity contribution in [3.8, 4) is 0 Å². The van der Waals surface area contributed by atoms with Crippen LogP contribution in [0, 0.1) is 5.92 Å². The molecule has 92 valence electrons. The Balaban J connectivity index is 1.88. The molecule has 4 nitrogen and oxygen atoms in total. The zero-order valence-corrected chi connectivity index (χ0v) is 11.3. The predicted molar refractivity (Wildman–Crippen MR) is 70.3 cm³/mol. The summed E-state index contributed by atoms with van der Waals surface area (Å²) in [5.41, 5.74) is 1.98. The van der Waals surface area contributed by atoms with Gasteiger partial charge < -0.3 is 0 Å². The van der Waals surface area contributed by atoms with Crippen molar-refractivity contribution >= 4 is 21.7 Å². The number of fused-ring (bicyclic) bond motifs is 1. The van der Waals surface area contributed by atoms with Crippen molar-refractivity contribution in [1.29, 1.82) is 0 Å². The van der Waals surface area contributed by atoms with E-state index in [0.29, 0.717) is 6.54 Å². The van der Waals surface area contributed by atoms with Crippen LogP contribution in [0.3, 0.4) is 0 Å². The summed E-state index contributed by atoms with van der Waals surface area (Å²) in [7, 11) is 0. The first kappa shape index (κ1) is 11.6. The van der Waals surface area contributed by atoms with Gasteiger partial charge in [-0.15, -0.1) is 0 Å². The first-order valence-electron chi connectivity index (χ1n) is 5.89. The number of ketones is 1. The van der Waals surface area contributed by atoms with E-state index in [2.05, 4.69) is 26.0 Å². The standard InChI is InChI=1S/C13H12BrN3O/c14-12-3-1-2-11-10(12)5-4-9(13(11)18)6-17-8-15-7-16-17/h1-3,7-9H,4-6H2. The zero-order chi connectivity index (χ0) is 12.5. The monoisotopic (exact) mass is 305 g/mol. The fourth-order valence-electron chi connectivity index (χ4n) is 2.44. The van der Waals surface area contributed by atoms with Crippen LogP contribution >= 0.6 is 15.9 Å². The second-order valence-corrected chi connectivity index (χ2v) is 5.34. The number of nitrogens with zero attached hydrogens (tertiary/aromatic N) is 3. The van der Waals surface area contributed by atoms with Crippen molar-refractivity contribution < 1.29 is 4.79 Å². The second-order valence-electron chi connectivity index (χ2n) is 4.48. The van der Waals surface area contributed by atoms with Crippen LogP contribution in [-0.4, -0.2) is 20.5 Å². The maximum Gasteiger partial charge on any atom is 0.168 e. The summed E-state index contributed by atoms with van der Waals surface area (Å²) in [6.45, 7) is 0.616. The minimum absolute atomic E-state index is 0.00787. The van der Waals surface area contributed by atoms with Crippen molar-refractivity contribution in [2.24, 2.45) is 5.92 Å². The highest BCUT2D eigenvalue weighted by molar-refractivity contribution is 9.10. The summed E-state index contributed by atoms with van der Waals surface area (Å²) in [6.07, 6.45) is 4.96. The number of aromatic nitrogens is 3. The lowest BCUT2D eigenvalue weighted by Gasteiger charge is -2.23. The molecule has 0 fully saturated rings. The molecular formula is C13H12BrN3O. The minimum atomic E-state index is 0.00787. The molecule has 1 atom stereocenters. The van der Waals surface area contributed by atoms with Gasteiger partial charge >= 0.3 is 0 Å². The molecule has 2 aromatic rings. The lowest BCUT2D eigenvalue weighted by molar-refractivity contribution is 0.0884. The molecule has 1 aromatic carbocycles. The molecular weight excluding hydrogens is 294 g/mol. The van der Waals surface area contributed by atoms with Crippen molar-refractivity contribution in [1.82, 2.24) is 14.8 Å². The van der Waals surface area contributed by atoms with Crippen LogP contribution in [0.5, 0.6) is 0 Å². The van der Waals surface area contributed by atoms with E-state index in [1.54, 1.807) is 11.0 Å². The van der Waals surface area contributed by atoms with Crippen LogP contribution in [0.2, 0.25) is 0 Å². The van der Waals surface area contributed by atoms with Gasteiger partial charge in [-0.3, -0.25) is 9.48 Å². The molecule has 0 spiro atoms. The topological polar surface area (TPSA) is 47.8 Å². The molecule has 1 aromatic heterocycles. The van der Waals surface area contributed by atoms with Gasteiger partial charge in [-0.2, -0.15) is 5.10 Å². The van der Waals surface area contributed by atoms with E-state index in [1.165, 1.54) is 6.33 Å². The van der Waals surface area contributed by atoms with Gasteiger partial charge in [0.25, 0.3) is 0 Å². The van der Waals surface area contributed by atoms with Gasteiger partial charge in [0, 0.05) is 16.0 Å². The van der Waals surface area contributed by atoms with Crippen molar-refractivity contribution in [2.45, 2.75) is 19.4 Å². The Labute approximate surface area is 113 Å². The Morgan fingerprint density at radius 2 is 2.33 bits per heavy atom. The van der Waals surface area contributed by atoms with Crippen LogP contribution in [0.25, 0.3) is 0 Å². The number of carbonyl (C=O) groups is 1. The molecule has 0 aliphatic heterocycles. The van der Waals surface area contributed by atoms with Crippen LogP contribution < -0.4 is 0 Å². The van der Waals surface area contributed by atoms with Gasteiger partial charge in [0.05, 0.1) is 6.54 Å². The highest BCUT2D eigenvalue weighted by Gasteiger charge is 2.28. The van der Waals surface area contributed by atoms with Gasteiger partial charge in [0.1, 0.15) is 12.7 Å². The lowest BCUT2D eigenvalue weighted by Crippen LogP contribution is -2.27. The van der Waals surface area contributed by atoms with Crippen molar-refractivity contribution in [3.63, 3.8) is 0 Å². The summed E-state index contributed by atoms with van der Waals surface area (Å²) in [5, 5.41) is 4.06. The predicted octanol–water partition coefficient (Wildman–Crippen LogP) is 2.49. The van der Waals surface area contributed by atoms with Crippen molar-refractivity contribution in [2.75, 3.05) is 0 Å². The second kappa shape index (κ2) is 4.65. The maximum absolute atomic E-state index is 12.4. The smallest absolute Gasteiger partial charge is 0.168 e. The fourth-order valence-corrected chi connectivity index (χ4v) is 3.00. The van der Waals surface area contributed by atoms with Crippen LogP contribution in [0.1, 0.15) is 22.3 Å². The first-order chi connectivity index (χ1) is 8.75. The SMILES string of the molecule is O=C1c2cccc(Br)c2CCC1Cn1cncn1. The third kappa shape index (κ3) is 1.99. The van der Waals surface area contributed by atoms with Crippen LogP contribution in [-0.2, 0) is 13.0 Å². The number of hydrogen-bond donors (Lipinski definition) is 0. The Kier molecular flexibility index (Phi) is 2.99. The minimum Gasteiger partial charge on any atom is -0.294 e. The summed E-state index contributed by atoms with van der Waals surface area (Å²) >= 11 is 3.51. The van der Waals surface area contributed by atoms with Gasteiger partial charge in [-0.1, -0.05) is 28.1 Å². The molecule has 0 saturated carbocycles. The summed E-state index contributed by atoms with van der Waals surface area (Å²) < 4.78 is 2.76. The fraction of sp³-hybridized carbons (Fsp3) is 0.308. The number of hydrogen-bond acceptors (Lipinski definition) is 3. The number of carbonyl (C=O) groups excluding carboxylic acids is 1. The van der Waals surface area contributed by atoms with Crippen LogP contribution in [0.4, 0.5) is 0 Å². The molecule has 3 rings (SSSR count). The average Bonchev–Trinajstić information content (AvgIpc) is 2.86. The van der Waals surface area contributed by atoms with E-state index in [1.807, 2.05) is 18.2 Å².